The zero-order chi connectivity index (χ0) is 13.7. The van der Waals surface area contributed by atoms with Crippen molar-refractivity contribution in [2.45, 2.75) is 58.5 Å². The van der Waals surface area contributed by atoms with Gasteiger partial charge in [-0.3, -0.25) is 4.79 Å². The van der Waals surface area contributed by atoms with E-state index in [1.54, 1.807) is 0 Å². The maximum Gasteiger partial charge on any atom is 0.225 e. The molecular formula is C14H28N2O2. The summed E-state index contributed by atoms with van der Waals surface area (Å²) in [5.74, 6) is 0.724. The predicted molar refractivity (Wildman–Crippen MR) is 73.0 cm³/mol. The summed E-state index contributed by atoms with van der Waals surface area (Å²) in [6.45, 7) is 6.27. The zero-order valence-corrected chi connectivity index (χ0v) is 11.9. The summed E-state index contributed by atoms with van der Waals surface area (Å²) in [5.41, 5.74) is 6.07. The van der Waals surface area contributed by atoms with Gasteiger partial charge in [-0.2, -0.15) is 0 Å². The number of carbonyl (C=O) groups excluding carboxylic acids is 1. The minimum absolute atomic E-state index is 0.000257. The molecule has 0 aliphatic heterocycles. The van der Waals surface area contributed by atoms with Crippen molar-refractivity contribution in [3.8, 4) is 0 Å². The van der Waals surface area contributed by atoms with E-state index in [0.717, 1.165) is 25.7 Å². The molecule has 106 valence electrons. The smallest absolute Gasteiger partial charge is 0.225 e. The second-order valence-corrected chi connectivity index (χ2v) is 6.12. The van der Waals surface area contributed by atoms with Gasteiger partial charge in [0.2, 0.25) is 5.91 Å². The van der Waals surface area contributed by atoms with E-state index in [1.807, 2.05) is 0 Å². The van der Waals surface area contributed by atoms with Crippen LogP contribution in [0, 0.1) is 17.8 Å². The van der Waals surface area contributed by atoms with Crippen LogP contribution in [0.3, 0.4) is 0 Å². The van der Waals surface area contributed by atoms with E-state index >= 15 is 0 Å². The highest BCUT2D eigenvalue weighted by atomic mass is 16.3. The first-order valence-corrected chi connectivity index (χ1v) is 7.12. The average molecular weight is 256 g/mol. The van der Waals surface area contributed by atoms with Gasteiger partial charge in [-0.1, -0.05) is 27.2 Å². The highest BCUT2D eigenvalue weighted by Crippen LogP contribution is 2.29. The summed E-state index contributed by atoms with van der Waals surface area (Å²) in [4.78, 5) is 12.3. The number of hydrogen-bond donors (Lipinski definition) is 3. The van der Waals surface area contributed by atoms with Crippen LogP contribution < -0.4 is 11.1 Å². The van der Waals surface area contributed by atoms with E-state index < -0.39 is 0 Å². The number of nitrogens with one attached hydrogen (secondary N) is 1. The van der Waals surface area contributed by atoms with Crippen molar-refractivity contribution in [2.24, 2.45) is 23.5 Å². The molecule has 0 aromatic rings. The van der Waals surface area contributed by atoms with Crippen LogP contribution >= 0.6 is 0 Å². The fourth-order valence-corrected chi connectivity index (χ4v) is 2.96. The van der Waals surface area contributed by atoms with Gasteiger partial charge in [0.15, 0.2) is 0 Å². The molecule has 0 heterocycles. The van der Waals surface area contributed by atoms with Gasteiger partial charge in [0.05, 0.1) is 18.6 Å². The van der Waals surface area contributed by atoms with Crippen LogP contribution in [0.4, 0.5) is 0 Å². The molecule has 1 aliphatic carbocycles. The molecule has 0 radical (unpaired) electrons. The summed E-state index contributed by atoms with van der Waals surface area (Å²) in [7, 11) is 0. The Labute approximate surface area is 110 Å². The molecule has 1 saturated carbocycles. The maximum atomic E-state index is 12.3. The van der Waals surface area contributed by atoms with E-state index in [1.165, 1.54) is 0 Å². The predicted octanol–water partition coefficient (Wildman–Crippen LogP) is 1.27. The third-order valence-electron chi connectivity index (χ3n) is 3.90. The molecule has 18 heavy (non-hydrogen) atoms. The summed E-state index contributed by atoms with van der Waals surface area (Å²) in [6, 6.07) is -0.175. The van der Waals surface area contributed by atoms with Gasteiger partial charge >= 0.3 is 0 Å². The standard InChI is InChI=1S/C14H28N2O2/c1-9(2)7-11(8-17)16-14(18)13-10(3)5-4-6-12(13)15/h9-13,17H,4-8,15H2,1-3H3,(H,16,18). The monoisotopic (exact) mass is 256 g/mol. The summed E-state index contributed by atoms with van der Waals surface area (Å²) < 4.78 is 0. The lowest BCUT2D eigenvalue weighted by Gasteiger charge is -2.34. The molecule has 4 heteroatoms. The fraction of sp³-hybridized carbons (Fsp3) is 0.929. The van der Waals surface area contributed by atoms with Gasteiger partial charge < -0.3 is 16.2 Å². The lowest BCUT2D eigenvalue weighted by Crippen LogP contribution is -2.50. The normalized spacial score (nSPS) is 30.2. The lowest BCUT2D eigenvalue weighted by atomic mass is 9.76. The minimum Gasteiger partial charge on any atom is -0.394 e. The first-order valence-electron chi connectivity index (χ1n) is 7.12. The number of amides is 1. The molecular weight excluding hydrogens is 228 g/mol. The Balaban J connectivity index is 2.56. The van der Waals surface area contributed by atoms with Crippen molar-refractivity contribution in [3.05, 3.63) is 0 Å². The number of nitrogens with two attached hydrogens (primary N) is 1. The van der Waals surface area contributed by atoms with E-state index in [2.05, 4.69) is 26.1 Å². The molecule has 0 bridgehead atoms. The van der Waals surface area contributed by atoms with Crippen LogP contribution in [0.2, 0.25) is 0 Å². The fourth-order valence-electron chi connectivity index (χ4n) is 2.96. The molecule has 4 N–H and O–H groups in total. The molecule has 0 aromatic carbocycles. The SMILES string of the molecule is CC(C)CC(CO)NC(=O)C1C(C)CCCC1N. The highest BCUT2D eigenvalue weighted by Gasteiger charge is 2.34. The summed E-state index contributed by atoms with van der Waals surface area (Å²) in [5, 5.41) is 12.3. The van der Waals surface area contributed by atoms with Gasteiger partial charge in [-0.15, -0.1) is 0 Å². The molecule has 1 amide bonds. The quantitative estimate of drug-likeness (QED) is 0.693. The third-order valence-corrected chi connectivity index (χ3v) is 3.90. The number of aliphatic hydroxyl groups is 1. The molecule has 0 spiro atoms. The van der Waals surface area contributed by atoms with Gasteiger partial charge in [0.1, 0.15) is 0 Å². The van der Waals surface area contributed by atoms with Crippen molar-refractivity contribution < 1.29 is 9.90 Å². The summed E-state index contributed by atoms with van der Waals surface area (Å²) in [6.07, 6.45) is 3.91. The van der Waals surface area contributed by atoms with Crippen molar-refractivity contribution in [3.63, 3.8) is 0 Å². The molecule has 4 nitrogen and oxygen atoms in total. The van der Waals surface area contributed by atoms with E-state index in [0.29, 0.717) is 11.8 Å². The Morgan fingerprint density at radius 1 is 1.44 bits per heavy atom. The van der Waals surface area contributed by atoms with Gasteiger partial charge in [-0.05, 0) is 31.1 Å². The van der Waals surface area contributed by atoms with Gasteiger partial charge in [-0.25, -0.2) is 0 Å². The molecule has 4 atom stereocenters. The number of aliphatic hydroxyl groups excluding tert-OH is 1. The minimum atomic E-state index is -0.140. The lowest BCUT2D eigenvalue weighted by molar-refractivity contribution is -0.129. The van der Waals surface area contributed by atoms with Crippen molar-refractivity contribution in [1.29, 1.82) is 0 Å². The molecule has 1 fully saturated rings. The Morgan fingerprint density at radius 2 is 2.11 bits per heavy atom. The second-order valence-electron chi connectivity index (χ2n) is 6.12. The number of carbonyl (C=O) groups is 1. The molecule has 0 aromatic heterocycles. The van der Waals surface area contributed by atoms with Gasteiger partial charge in [0, 0.05) is 6.04 Å². The van der Waals surface area contributed by atoms with Gasteiger partial charge in [0.25, 0.3) is 0 Å². The second kappa shape index (κ2) is 7.10. The number of rotatable bonds is 5. The first kappa shape index (κ1) is 15.4. The largest absolute Gasteiger partial charge is 0.394 e. The molecule has 1 rings (SSSR count). The van der Waals surface area contributed by atoms with Crippen molar-refractivity contribution in [2.75, 3.05) is 6.61 Å². The van der Waals surface area contributed by atoms with Crippen LogP contribution in [0.1, 0.15) is 46.5 Å². The molecule has 0 saturated heterocycles. The maximum absolute atomic E-state index is 12.3. The Bertz CT molecular complexity index is 259. The Hall–Kier alpha value is -0.610. The van der Waals surface area contributed by atoms with Crippen LogP contribution in [0.15, 0.2) is 0 Å². The third kappa shape index (κ3) is 4.25. The van der Waals surface area contributed by atoms with Crippen LogP contribution in [0.25, 0.3) is 0 Å². The Kier molecular flexibility index (Phi) is 6.09. The Morgan fingerprint density at radius 3 is 2.61 bits per heavy atom. The highest BCUT2D eigenvalue weighted by molar-refractivity contribution is 5.80. The zero-order valence-electron chi connectivity index (χ0n) is 11.9. The van der Waals surface area contributed by atoms with E-state index in [9.17, 15) is 9.90 Å². The van der Waals surface area contributed by atoms with Crippen molar-refractivity contribution in [1.82, 2.24) is 5.32 Å². The molecule has 1 aliphatic rings. The average Bonchev–Trinajstić information content (AvgIpc) is 2.27. The van der Waals surface area contributed by atoms with E-state index in [-0.39, 0.29) is 30.5 Å². The van der Waals surface area contributed by atoms with Crippen LogP contribution in [-0.4, -0.2) is 29.7 Å². The first-order chi connectivity index (χ1) is 8.45. The van der Waals surface area contributed by atoms with Crippen LogP contribution in [-0.2, 0) is 4.79 Å². The topological polar surface area (TPSA) is 75.3 Å². The summed E-state index contributed by atoms with van der Waals surface area (Å²) >= 11 is 0. The van der Waals surface area contributed by atoms with E-state index in [4.69, 9.17) is 5.73 Å². The van der Waals surface area contributed by atoms with Crippen molar-refractivity contribution >= 4 is 5.91 Å². The molecule has 4 unspecified atom stereocenters. The van der Waals surface area contributed by atoms with Crippen LogP contribution in [0.5, 0.6) is 0 Å². The number of hydrogen-bond acceptors (Lipinski definition) is 3.